The van der Waals surface area contributed by atoms with Crippen LogP contribution in [0.2, 0.25) is 0 Å². The van der Waals surface area contributed by atoms with E-state index in [4.69, 9.17) is 10.5 Å². The molecule has 7 N–H and O–H groups in total. The number of nitrogens with zero attached hydrogens (tertiary/aromatic N) is 2. The van der Waals surface area contributed by atoms with Crippen molar-refractivity contribution in [2.45, 2.75) is 91.0 Å². The first-order valence-electron chi connectivity index (χ1n) is 17.2. The average molecular weight is 730 g/mol. The SMILES string of the molecule is CC(C)[C@H](NC(=O)CCCCCN1C(=O)C=CC1=O)C(=O)N[C@@H](CCCNC(N)=O)C(=O)Nc1ccc(COC(=O)N(C)[C@H](C(=O)O)C(C)C)cc1. The van der Waals surface area contributed by atoms with E-state index in [0.717, 1.165) is 9.80 Å². The smallest absolute Gasteiger partial charge is 0.410 e. The van der Waals surface area contributed by atoms with Gasteiger partial charge in [0.15, 0.2) is 0 Å². The standard InChI is InChI=1S/C35H51N7O10/c1-21(2)29(40-26(43)11-7-6-8-19-42-27(44)16-17-28(42)45)32(47)39-25(10-9-18-37-34(36)50)31(46)38-24-14-12-23(13-15-24)20-52-35(51)41(5)30(22(3)4)33(48)49/h12-17,21-22,25,29-30H,6-11,18-20H2,1-5H3,(H,38,46)(H,39,47)(H,40,43)(H,48,49)(H3,36,37,50)/t25-,29-,30-/m0/s1. The number of carbonyl (C=O) groups is 8. The number of urea groups is 1. The zero-order valence-corrected chi connectivity index (χ0v) is 30.3. The molecule has 2 rings (SSSR count). The second-order valence-electron chi connectivity index (χ2n) is 13.1. The van der Waals surface area contributed by atoms with E-state index in [1.165, 1.54) is 19.2 Å². The van der Waals surface area contributed by atoms with Crippen LogP contribution in [0.3, 0.4) is 0 Å². The summed E-state index contributed by atoms with van der Waals surface area (Å²) in [7, 11) is 1.35. The summed E-state index contributed by atoms with van der Waals surface area (Å²) in [5.41, 5.74) is 6.09. The zero-order chi connectivity index (χ0) is 39.0. The van der Waals surface area contributed by atoms with Gasteiger partial charge >= 0.3 is 18.1 Å². The van der Waals surface area contributed by atoms with Crippen molar-refractivity contribution in [1.82, 2.24) is 25.8 Å². The Kier molecular flexibility index (Phi) is 17.3. The Bertz CT molecular complexity index is 1460. The van der Waals surface area contributed by atoms with Crippen LogP contribution in [0.15, 0.2) is 36.4 Å². The van der Waals surface area contributed by atoms with E-state index >= 15 is 0 Å². The third-order valence-corrected chi connectivity index (χ3v) is 8.23. The highest BCUT2D eigenvalue weighted by atomic mass is 16.6. The van der Waals surface area contributed by atoms with Gasteiger partial charge in [-0.05, 0) is 55.2 Å². The van der Waals surface area contributed by atoms with E-state index in [1.807, 2.05) is 0 Å². The zero-order valence-electron chi connectivity index (χ0n) is 30.3. The number of hydrogen-bond donors (Lipinski definition) is 6. The molecule has 1 heterocycles. The maximum atomic E-state index is 13.4. The lowest BCUT2D eigenvalue weighted by Gasteiger charge is -2.26. The first kappa shape index (κ1) is 42.7. The van der Waals surface area contributed by atoms with Gasteiger partial charge in [-0.3, -0.25) is 33.8 Å². The topological polar surface area (TPSA) is 247 Å². The number of likely N-dealkylation sites (N-methyl/N-ethyl adjacent to an activating group) is 1. The number of hydrogen-bond acceptors (Lipinski definition) is 9. The number of carboxylic acids is 1. The Morgan fingerprint density at radius 1 is 0.865 bits per heavy atom. The van der Waals surface area contributed by atoms with Crippen LogP contribution in [0.25, 0.3) is 0 Å². The lowest BCUT2D eigenvalue weighted by Crippen LogP contribution is -2.54. The lowest BCUT2D eigenvalue weighted by molar-refractivity contribution is -0.144. The van der Waals surface area contributed by atoms with Gasteiger partial charge in [0, 0.05) is 44.4 Å². The highest BCUT2D eigenvalue weighted by Crippen LogP contribution is 2.15. The molecule has 0 aliphatic carbocycles. The summed E-state index contributed by atoms with van der Waals surface area (Å²) >= 11 is 0. The van der Waals surface area contributed by atoms with E-state index in [9.17, 15) is 43.5 Å². The monoisotopic (exact) mass is 729 g/mol. The fraction of sp³-hybridized carbons (Fsp3) is 0.543. The normalized spacial score (nSPS) is 14.1. The van der Waals surface area contributed by atoms with Crippen LogP contribution in [0, 0.1) is 11.8 Å². The van der Waals surface area contributed by atoms with E-state index in [2.05, 4.69) is 21.3 Å². The fourth-order valence-corrected chi connectivity index (χ4v) is 5.38. The Morgan fingerprint density at radius 3 is 2.06 bits per heavy atom. The molecule has 3 atom stereocenters. The molecule has 1 aliphatic rings. The van der Waals surface area contributed by atoms with Gasteiger partial charge in [0.2, 0.25) is 17.7 Å². The third-order valence-electron chi connectivity index (χ3n) is 8.23. The van der Waals surface area contributed by atoms with E-state index in [-0.39, 0.29) is 62.1 Å². The molecule has 17 heteroatoms. The lowest BCUT2D eigenvalue weighted by atomic mass is 10.0. The Labute approximate surface area is 303 Å². The van der Waals surface area contributed by atoms with E-state index in [0.29, 0.717) is 36.9 Å². The van der Waals surface area contributed by atoms with Crippen LogP contribution in [0.5, 0.6) is 0 Å². The molecule has 286 valence electrons. The third kappa shape index (κ3) is 14.0. The molecule has 0 saturated carbocycles. The minimum atomic E-state index is -1.15. The van der Waals surface area contributed by atoms with Crippen molar-refractivity contribution in [2.75, 3.05) is 25.5 Å². The quantitative estimate of drug-likeness (QED) is 0.0792. The molecular weight excluding hydrogens is 678 g/mol. The molecule has 1 aliphatic heterocycles. The maximum absolute atomic E-state index is 13.4. The summed E-state index contributed by atoms with van der Waals surface area (Å²) in [6, 6.07) is 2.56. The van der Waals surface area contributed by atoms with Gasteiger partial charge in [-0.15, -0.1) is 0 Å². The minimum absolute atomic E-state index is 0.117. The molecule has 1 aromatic carbocycles. The second kappa shape index (κ2) is 21.0. The maximum Gasteiger partial charge on any atom is 0.410 e. The van der Waals surface area contributed by atoms with Crippen LogP contribution >= 0.6 is 0 Å². The fourth-order valence-electron chi connectivity index (χ4n) is 5.38. The molecule has 0 bridgehead atoms. The van der Waals surface area contributed by atoms with Crippen LogP contribution in [0.4, 0.5) is 15.3 Å². The highest BCUT2D eigenvalue weighted by molar-refractivity contribution is 6.12. The number of unbranched alkanes of at least 4 members (excludes halogenated alkanes) is 2. The first-order valence-corrected chi connectivity index (χ1v) is 17.2. The van der Waals surface area contributed by atoms with Crippen LogP contribution in [-0.2, 0) is 40.1 Å². The largest absolute Gasteiger partial charge is 0.480 e. The minimum Gasteiger partial charge on any atom is -0.480 e. The number of nitrogens with one attached hydrogen (secondary N) is 4. The second-order valence-corrected chi connectivity index (χ2v) is 13.1. The van der Waals surface area contributed by atoms with E-state index in [1.54, 1.807) is 52.0 Å². The van der Waals surface area contributed by atoms with Crippen LogP contribution < -0.4 is 27.0 Å². The Hall–Kier alpha value is -5.48. The van der Waals surface area contributed by atoms with Gasteiger partial charge in [0.05, 0.1) is 0 Å². The van der Waals surface area contributed by atoms with Crippen molar-refractivity contribution >= 4 is 53.3 Å². The Morgan fingerprint density at radius 2 is 1.50 bits per heavy atom. The van der Waals surface area contributed by atoms with Crippen molar-refractivity contribution in [3.05, 3.63) is 42.0 Å². The van der Waals surface area contributed by atoms with Gasteiger partial charge in [0.1, 0.15) is 24.7 Å². The number of ether oxygens (including phenoxy) is 1. The molecule has 0 unspecified atom stereocenters. The van der Waals surface area contributed by atoms with Gasteiger partial charge in [-0.1, -0.05) is 46.2 Å². The van der Waals surface area contributed by atoms with Gasteiger partial charge in [-0.25, -0.2) is 14.4 Å². The number of imide groups is 1. The summed E-state index contributed by atoms with van der Waals surface area (Å²) in [5, 5.41) is 20.1. The van der Waals surface area contributed by atoms with Crippen LogP contribution in [-0.4, -0.2) is 101 Å². The van der Waals surface area contributed by atoms with Crippen molar-refractivity contribution in [1.29, 1.82) is 0 Å². The number of carbonyl (C=O) groups excluding carboxylic acids is 7. The van der Waals surface area contributed by atoms with Crippen LogP contribution in [0.1, 0.15) is 71.8 Å². The highest BCUT2D eigenvalue weighted by Gasteiger charge is 2.31. The first-order chi connectivity index (χ1) is 24.5. The summed E-state index contributed by atoms with van der Waals surface area (Å²) in [4.78, 5) is 100. The summed E-state index contributed by atoms with van der Waals surface area (Å²) < 4.78 is 5.27. The number of anilines is 1. The number of amides is 8. The molecule has 17 nitrogen and oxygen atoms in total. The molecule has 52 heavy (non-hydrogen) atoms. The van der Waals surface area contributed by atoms with Crippen molar-refractivity contribution in [3.63, 3.8) is 0 Å². The molecule has 0 radical (unpaired) electrons. The number of aliphatic carboxylic acids is 1. The molecular formula is C35H51N7O10. The molecule has 1 aromatic rings. The van der Waals surface area contributed by atoms with Gasteiger partial charge < -0.3 is 36.8 Å². The predicted molar refractivity (Wildman–Crippen MR) is 189 cm³/mol. The molecule has 8 amide bonds. The number of rotatable bonds is 21. The number of benzene rings is 1. The molecule has 0 aromatic heterocycles. The van der Waals surface area contributed by atoms with E-state index < -0.39 is 48.0 Å². The summed E-state index contributed by atoms with van der Waals surface area (Å²) in [6.07, 6.45) is 3.76. The average Bonchev–Trinajstić information content (AvgIpc) is 3.39. The Balaban J connectivity index is 1.98. The van der Waals surface area contributed by atoms with Crippen molar-refractivity contribution in [3.8, 4) is 0 Å². The van der Waals surface area contributed by atoms with Gasteiger partial charge in [0.25, 0.3) is 11.8 Å². The summed E-state index contributed by atoms with van der Waals surface area (Å²) in [6.45, 7) is 7.13. The van der Waals surface area contributed by atoms with Crippen molar-refractivity contribution in [2.24, 2.45) is 17.6 Å². The predicted octanol–water partition coefficient (Wildman–Crippen LogP) is 1.86. The number of carboxylic acid groups (broad SMARTS) is 1. The molecule has 0 spiro atoms. The van der Waals surface area contributed by atoms with Crippen molar-refractivity contribution < 1.29 is 48.2 Å². The number of primary amides is 1. The summed E-state index contributed by atoms with van der Waals surface area (Å²) in [5.74, 6) is -4.02. The van der Waals surface area contributed by atoms with Gasteiger partial charge in [-0.2, -0.15) is 0 Å². The molecule has 0 fully saturated rings. The number of nitrogens with two attached hydrogens (primary N) is 1. The molecule has 0 saturated heterocycles.